The highest BCUT2D eigenvalue weighted by molar-refractivity contribution is 5.70. The molecule has 0 aromatic heterocycles. The summed E-state index contributed by atoms with van der Waals surface area (Å²) in [4.78, 5) is 0. The maximum atomic E-state index is 2.62. The minimum absolute atomic E-state index is 0.981. The average Bonchev–Trinajstić information content (AvgIpc) is 2.46. The molecule has 4 atom stereocenters. The van der Waals surface area contributed by atoms with Crippen LogP contribution < -0.4 is 0 Å². The maximum absolute atomic E-state index is 2.62. The summed E-state index contributed by atoms with van der Waals surface area (Å²) >= 11 is 0. The van der Waals surface area contributed by atoms with Crippen LogP contribution in [0.25, 0.3) is 0 Å². The van der Waals surface area contributed by atoms with Gasteiger partial charge in [-0.05, 0) is 71.5 Å². The van der Waals surface area contributed by atoms with Crippen LogP contribution in [0.3, 0.4) is 0 Å². The van der Waals surface area contributed by atoms with Gasteiger partial charge in [-0.2, -0.15) is 0 Å². The van der Waals surface area contributed by atoms with Gasteiger partial charge in [0.2, 0.25) is 0 Å². The summed E-state index contributed by atoms with van der Waals surface area (Å²) in [7, 11) is 0. The monoisotopic (exact) mass is 172 g/mol. The maximum Gasteiger partial charge on any atom is -0.00438 e. The molecule has 0 aromatic carbocycles. The highest BCUT2D eigenvalue weighted by atomic mass is 15.3. The molecule has 4 unspecified atom stereocenters. The van der Waals surface area contributed by atoms with Gasteiger partial charge in [-0.3, -0.25) is 0 Å². The Morgan fingerprint density at radius 3 is 1.54 bits per heavy atom. The van der Waals surface area contributed by atoms with Gasteiger partial charge in [0.15, 0.2) is 0 Å². The van der Waals surface area contributed by atoms with Crippen molar-refractivity contribution in [1.82, 2.24) is 0 Å². The standard InChI is InChI=1S/C13H16/c1-8-11-6-4-9(11)2-3-10-5-7-12(8,10)13(9,10)11/h8H,2-7H2,1H3. The Hall–Kier alpha value is 0. The molecule has 6 saturated carbocycles. The highest BCUT2D eigenvalue weighted by Gasteiger charge is 3.23. The molecule has 5 spiro atoms. The molecule has 0 radical (unpaired) electrons. The summed E-state index contributed by atoms with van der Waals surface area (Å²) in [6, 6.07) is 0. The second-order valence-electron chi connectivity index (χ2n) is 7.08. The number of hydrogen-bond donors (Lipinski definition) is 0. The SMILES string of the molecule is CC1C23CCC24CCC25CCC12C453. The van der Waals surface area contributed by atoms with Crippen molar-refractivity contribution in [1.29, 1.82) is 0 Å². The molecule has 0 bridgehead atoms. The van der Waals surface area contributed by atoms with Crippen molar-refractivity contribution in [2.24, 2.45) is 33.0 Å². The van der Waals surface area contributed by atoms with Crippen LogP contribution >= 0.6 is 0 Å². The van der Waals surface area contributed by atoms with Crippen molar-refractivity contribution >= 4 is 0 Å². The first-order valence-corrected chi connectivity index (χ1v) is 6.28. The zero-order valence-electron chi connectivity index (χ0n) is 8.32. The first kappa shape index (κ1) is 5.78. The average molecular weight is 172 g/mol. The van der Waals surface area contributed by atoms with Gasteiger partial charge < -0.3 is 0 Å². The predicted octanol–water partition coefficient (Wildman–Crippen LogP) is 2.98. The minimum atomic E-state index is 0.981. The third-order valence-electron chi connectivity index (χ3n) is 8.71. The number of hydrogen-bond acceptors (Lipinski definition) is 0. The van der Waals surface area contributed by atoms with E-state index in [4.69, 9.17) is 0 Å². The molecule has 0 aliphatic heterocycles. The zero-order chi connectivity index (χ0) is 8.32. The van der Waals surface area contributed by atoms with E-state index >= 15 is 0 Å². The molecular formula is C13H16. The quantitative estimate of drug-likeness (QED) is 0.527. The van der Waals surface area contributed by atoms with Gasteiger partial charge in [0.25, 0.3) is 0 Å². The topological polar surface area (TPSA) is 0 Å². The Balaban J connectivity index is 1.81. The van der Waals surface area contributed by atoms with E-state index in [0.717, 1.165) is 33.0 Å². The van der Waals surface area contributed by atoms with Crippen LogP contribution in [-0.4, -0.2) is 0 Å². The summed E-state index contributed by atoms with van der Waals surface area (Å²) < 4.78 is 0. The van der Waals surface area contributed by atoms with Gasteiger partial charge in [-0.25, -0.2) is 0 Å². The molecule has 0 N–H and O–H groups in total. The lowest BCUT2D eigenvalue weighted by atomic mass is 9.56. The van der Waals surface area contributed by atoms with Crippen LogP contribution in [0, 0.1) is 33.0 Å². The Bertz CT molecular complexity index is 349. The molecule has 6 aliphatic rings. The lowest BCUT2D eigenvalue weighted by molar-refractivity contribution is -0.00162. The van der Waals surface area contributed by atoms with Crippen LogP contribution in [0.5, 0.6) is 0 Å². The van der Waals surface area contributed by atoms with E-state index in [1.165, 1.54) is 0 Å². The van der Waals surface area contributed by atoms with Gasteiger partial charge in [0, 0.05) is 0 Å². The molecule has 0 heterocycles. The summed E-state index contributed by atoms with van der Waals surface area (Å²) in [6.45, 7) is 2.62. The lowest BCUT2D eigenvalue weighted by Gasteiger charge is -2.48. The molecule has 6 aliphatic carbocycles. The Kier molecular flexibility index (Phi) is 0.424. The van der Waals surface area contributed by atoms with Gasteiger partial charge in [-0.1, -0.05) is 6.92 Å². The smallest absolute Gasteiger partial charge is 0.00438 e. The Labute approximate surface area is 79.1 Å². The second-order valence-corrected chi connectivity index (χ2v) is 7.08. The van der Waals surface area contributed by atoms with Crippen molar-refractivity contribution in [3.05, 3.63) is 0 Å². The largest absolute Gasteiger partial charge is 0.0614 e. The van der Waals surface area contributed by atoms with Crippen LogP contribution in [-0.2, 0) is 0 Å². The van der Waals surface area contributed by atoms with E-state index in [1.807, 2.05) is 0 Å². The third kappa shape index (κ3) is 0.174. The molecule has 13 heavy (non-hydrogen) atoms. The minimum Gasteiger partial charge on any atom is -0.0614 e. The van der Waals surface area contributed by atoms with E-state index in [0.29, 0.717) is 0 Å². The molecule has 68 valence electrons. The Morgan fingerprint density at radius 2 is 1.23 bits per heavy atom. The summed E-state index contributed by atoms with van der Waals surface area (Å²) in [5.74, 6) is 1.16. The van der Waals surface area contributed by atoms with E-state index in [9.17, 15) is 0 Å². The fourth-order valence-corrected chi connectivity index (χ4v) is 9.20. The second kappa shape index (κ2) is 0.955. The Morgan fingerprint density at radius 1 is 0.769 bits per heavy atom. The molecule has 0 nitrogen and oxygen atoms in total. The van der Waals surface area contributed by atoms with E-state index in [2.05, 4.69) is 6.92 Å². The first-order valence-electron chi connectivity index (χ1n) is 6.28. The van der Waals surface area contributed by atoms with Crippen LogP contribution in [0.1, 0.15) is 45.4 Å². The summed E-state index contributed by atoms with van der Waals surface area (Å²) in [5, 5.41) is 0. The summed E-state index contributed by atoms with van der Waals surface area (Å²) in [6.07, 6.45) is 9.86. The van der Waals surface area contributed by atoms with Gasteiger partial charge in [0.05, 0.1) is 0 Å². The molecule has 0 aromatic rings. The van der Waals surface area contributed by atoms with Crippen molar-refractivity contribution in [3.8, 4) is 0 Å². The molecule has 6 rings (SSSR count). The van der Waals surface area contributed by atoms with Crippen LogP contribution in [0.4, 0.5) is 0 Å². The number of rotatable bonds is 0. The molecule has 0 saturated heterocycles. The van der Waals surface area contributed by atoms with Gasteiger partial charge in [0.1, 0.15) is 0 Å². The predicted molar refractivity (Wildman–Crippen MR) is 49.0 cm³/mol. The fourth-order valence-electron chi connectivity index (χ4n) is 9.20. The molecular weight excluding hydrogens is 156 g/mol. The zero-order valence-corrected chi connectivity index (χ0v) is 8.32. The normalized spacial score (nSPS) is 93.5. The van der Waals surface area contributed by atoms with Gasteiger partial charge in [-0.15, -0.1) is 0 Å². The summed E-state index contributed by atoms with van der Waals surface area (Å²) in [5.41, 5.74) is 4.95. The third-order valence-corrected chi connectivity index (χ3v) is 8.71. The highest BCUT2D eigenvalue weighted by Crippen LogP contribution is 3.28. The van der Waals surface area contributed by atoms with Crippen LogP contribution in [0.2, 0.25) is 0 Å². The van der Waals surface area contributed by atoms with Crippen LogP contribution in [0.15, 0.2) is 0 Å². The van der Waals surface area contributed by atoms with Crippen molar-refractivity contribution < 1.29 is 0 Å². The van der Waals surface area contributed by atoms with Crippen molar-refractivity contribution in [2.45, 2.75) is 45.4 Å². The first-order chi connectivity index (χ1) is 6.28. The van der Waals surface area contributed by atoms with Crippen molar-refractivity contribution in [2.75, 3.05) is 0 Å². The van der Waals surface area contributed by atoms with E-state index < -0.39 is 0 Å². The fraction of sp³-hybridized carbons (Fsp3) is 1.00. The van der Waals surface area contributed by atoms with E-state index in [1.54, 1.807) is 38.5 Å². The molecule has 6 fully saturated rings. The molecule has 0 heteroatoms. The van der Waals surface area contributed by atoms with Gasteiger partial charge >= 0.3 is 0 Å². The molecule has 0 amide bonds. The van der Waals surface area contributed by atoms with E-state index in [-0.39, 0.29) is 0 Å². The lowest BCUT2D eigenvalue weighted by Crippen LogP contribution is -2.42. The van der Waals surface area contributed by atoms with Crippen molar-refractivity contribution in [3.63, 3.8) is 0 Å².